The van der Waals surface area contributed by atoms with E-state index in [-0.39, 0.29) is 12.4 Å². The molecule has 0 aliphatic heterocycles. The van der Waals surface area contributed by atoms with E-state index in [2.05, 4.69) is 0 Å². The van der Waals surface area contributed by atoms with Gasteiger partial charge in [0.15, 0.2) is 0 Å². The lowest BCUT2D eigenvalue weighted by Gasteiger charge is -1.46. The predicted octanol–water partition coefficient (Wildman–Crippen LogP) is 2.18. The minimum atomic E-state index is 0. The lowest BCUT2D eigenvalue weighted by Crippen LogP contribution is -1.20. The van der Waals surface area contributed by atoms with E-state index in [9.17, 15) is 0 Å². The van der Waals surface area contributed by atoms with Crippen molar-refractivity contribution in [2.45, 2.75) is 6.92 Å². The van der Waals surface area contributed by atoms with E-state index in [1.165, 1.54) is 5.54 Å². The second-order valence-electron chi connectivity index (χ2n) is 0.459. The fourth-order valence-corrected chi connectivity index (χ4v) is 0. The van der Waals surface area contributed by atoms with Crippen molar-refractivity contribution in [3.05, 3.63) is 11.6 Å². The van der Waals surface area contributed by atoms with Gasteiger partial charge in [-0.25, -0.2) is 0 Å². The van der Waals surface area contributed by atoms with Crippen molar-refractivity contribution in [2.75, 3.05) is 0 Å². The van der Waals surface area contributed by atoms with Gasteiger partial charge in [-0.3, -0.25) is 0 Å². The van der Waals surface area contributed by atoms with Crippen molar-refractivity contribution in [3.63, 3.8) is 0 Å². The van der Waals surface area contributed by atoms with Crippen molar-refractivity contribution in [1.82, 2.24) is 0 Å². The summed E-state index contributed by atoms with van der Waals surface area (Å²) in [5.41, 5.74) is 1.47. The number of rotatable bonds is 0. The summed E-state index contributed by atoms with van der Waals surface area (Å²) in [5.74, 6) is 0. The van der Waals surface area contributed by atoms with Gasteiger partial charge in [-0.15, -0.1) is 12.4 Å². The highest BCUT2D eigenvalue weighted by Crippen LogP contribution is 1.70. The maximum absolute atomic E-state index is 5.01. The van der Waals surface area contributed by atoms with E-state index in [1.807, 2.05) is 6.92 Å². The van der Waals surface area contributed by atoms with Crippen LogP contribution in [0, 0.1) is 0 Å². The summed E-state index contributed by atoms with van der Waals surface area (Å²) in [5, 5.41) is 0. The van der Waals surface area contributed by atoms with Crippen LogP contribution in [0.25, 0.3) is 0 Å². The first-order valence-corrected chi connectivity index (χ1v) is 1.57. The molecule has 0 unspecified atom stereocenters. The average Bonchev–Trinajstić information content (AvgIpc) is 1.37. The van der Waals surface area contributed by atoms with E-state index in [0.717, 1.165) is 0 Å². The van der Waals surface area contributed by atoms with Gasteiger partial charge in [-0.05, 0) is 12.5 Å². The second-order valence-corrected chi connectivity index (χ2v) is 0.711. The first kappa shape index (κ1) is 9.01. The number of hydrogen-bond acceptors (Lipinski definition) is 0. The molecule has 0 aromatic carbocycles. The zero-order valence-electron chi connectivity index (χ0n) is 2.94. The SMILES string of the molecule is CC=CCl.Cl. The third-order valence-electron chi connectivity index (χ3n) is 0.126. The van der Waals surface area contributed by atoms with Gasteiger partial charge in [0.1, 0.15) is 0 Å². The summed E-state index contributed by atoms with van der Waals surface area (Å²) in [4.78, 5) is 0. The Morgan fingerprint density at radius 2 is 1.80 bits per heavy atom. The van der Waals surface area contributed by atoms with E-state index in [4.69, 9.17) is 11.6 Å². The molecule has 0 amide bonds. The summed E-state index contributed by atoms with van der Waals surface area (Å²) in [6, 6.07) is 0. The zero-order chi connectivity index (χ0) is 3.41. The maximum atomic E-state index is 5.01. The molecule has 0 atom stereocenters. The molecule has 0 fully saturated rings. The highest BCUT2D eigenvalue weighted by Gasteiger charge is 1.37. The standard InChI is InChI=1S/C3H5Cl.ClH/c1-2-3-4;/h2-3H,1H3;1H. The Morgan fingerprint density at radius 1 is 1.60 bits per heavy atom. The fourth-order valence-electron chi connectivity index (χ4n) is 0. The molecule has 0 saturated carbocycles. The summed E-state index contributed by atoms with van der Waals surface area (Å²) >= 11 is 5.01. The van der Waals surface area contributed by atoms with Crippen molar-refractivity contribution >= 4 is 24.0 Å². The van der Waals surface area contributed by atoms with Crippen molar-refractivity contribution in [3.8, 4) is 0 Å². The van der Waals surface area contributed by atoms with E-state index < -0.39 is 0 Å². The molecule has 0 N–H and O–H groups in total. The maximum Gasteiger partial charge on any atom is -0.0000330 e. The van der Waals surface area contributed by atoms with Crippen LogP contribution in [0.5, 0.6) is 0 Å². The van der Waals surface area contributed by atoms with Gasteiger partial charge in [0.2, 0.25) is 0 Å². The molecule has 0 rings (SSSR count). The van der Waals surface area contributed by atoms with E-state index >= 15 is 0 Å². The molecule has 0 spiro atoms. The molecule has 0 aromatic heterocycles. The third kappa shape index (κ3) is 13.3. The van der Waals surface area contributed by atoms with Crippen LogP contribution in [-0.2, 0) is 0 Å². The van der Waals surface area contributed by atoms with Crippen LogP contribution in [0.15, 0.2) is 11.6 Å². The van der Waals surface area contributed by atoms with Crippen LogP contribution in [0.3, 0.4) is 0 Å². The zero-order valence-corrected chi connectivity index (χ0v) is 4.51. The molecule has 0 radical (unpaired) electrons. The summed E-state index contributed by atoms with van der Waals surface area (Å²) in [6.07, 6.45) is 1.77. The smallest absolute Gasteiger partial charge is 0.0000330 e. The highest BCUT2D eigenvalue weighted by molar-refractivity contribution is 6.25. The normalized spacial score (nSPS) is 7.60. The number of halogens is 2. The van der Waals surface area contributed by atoms with Crippen LogP contribution < -0.4 is 0 Å². The van der Waals surface area contributed by atoms with Gasteiger partial charge in [0.05, 0.1) is 0 Å². The quantitative estimate of drug-likeness (QED) is 0.451. The second kappa shape index (κ2) is 8.85. The monoisotopic (exact) mass is 112 g/mol. The highest BCUT2D eigenvalue weighted by atomic mass is 35.5. The molecule has 0 bridgehead atoms. The number of allylic oxidation sites excluding steroid dienone is 1. The molecule has 2 heteroatoms. The van der Waals surface area contributed by atoms with Gasteiger partial charge in [0, 0.05) is 0 Å². The first-order chi connectivity index (χ1) is 1.91. The van der Waals surface area contributed by atoms with Crippen LogP contribution >= 0.6 is 24.0 Å². The van der Waals surface area contributed by atoms with Gasteiger partial charge in [0.25, 0.3) is 0 Å². The van der Waals surface area contributed by atoms with Crippen LogP contribution in [0.2, 0.25) is 0 Å². The summed E-state index contributed by atoms with van der Waals surface area (Å²) in [6.45, 7) is 1.87. The molecular weight excluding hydrogens is 107 g/mol. The van der Waals surface area contributed by atoms with E-state index in [0.29, 0.717) is 0 Å². The molecule has 0 heterocycles. The van der Waals surface area contributed by atoms with Gasteiger partial charge < -0.3 is 0 Å². The largest absolute Gasteiger partial charge is 0.147 e. The van der Waals surface area contributed by atoms with Gasteiger partial charge in [-0.1, -0.05) is 17.7 Å². The Balaban J connectivity index is 0. The Kier molecular flexibility index (Phi) is 15.9. The Bertz CT molecular complexity index is 20.1. The molecule has 0 aromatic rings. The minimum absolute atomic E-state index is 0. The van der Waals surface area contributed by atoms with Gasteiger partial charge >= 0.3 is 0 Å². The average molecular weight is 113 g/mol. The lowest BCUT2D eigenvalue weighted by molar-refractivity contribution is 1.78. The molecular formula is C3H6Cl2. The molecule has 5 heavy (non-hydrogen) atoms. The Morgan fingerprint density at radius 3 is 1.80 bits per heavy atom. The van der Waals surface area contributed by atoms with Gasteiger partial charge in [-0.2, -0.15) is 0 Å². The van der Waals surface area contributed by atoms with E-state index in [1.54, 1.807) is 6.08 Å². The summed E-state index contributed by atoms with van der Waals surface area (Å²) < 4.78 is 0. The van der Waals surface area contributed by atoms with Crippen LogP contribution in [0.1, 0.15) is 6.92 Å². The third-order valence-corrected chi connectivity index (χ3v) is 0.378. The summed E-state index contributed by atoms with van der Waals surface area (Å²) in [7, 11) is 0. The Labute approximate surface area is 43.2 Å². The molecule has 0 aliphatic carbocycles. The molecule has 0 saturated heterocycles. The number of hydrogen-bond donors (Lipinski definition) is 0. The van der Waals surface area contributed by atoms with Crippen molar-refractivity contribution in [2.24, 2.45) is 0 Å². The fraction of sp³-hybridized carbons (Fsp3) is 0.333. The molecule has 0 aliphatic rings. The predicted molar refractivity (Wildman–Crippen MR) is 27.9 cm³/mol. The molecule has 0 nitrogen and oxygen atoms in total. The first-order valence-electron chi connectivity index (χ1n) is 1.13. The van der Waals surface area contributed by atoms with Crippen molar-refractivity contribution in [1.29, 1.82) is 0 Å². The Hall–Kier alpha value is 0.320. The lowest BCUT2D eigenvalue weighted by atomic mass is 10.8. The molecule has 32 valence electrons. The topological polar surface area (TPSA) is 0 Å². The van der Waals surface area contributed by atoms with Crippen LogP contribution in [-0.4, -0.2) is 0 Å². The minimum Gasteiger partial charge on any atom is -0.147 e. The van der Waals surface area contributed by atoms with Crippen LogP contribution in [0.4, 0.5) is 0 Å². The van der Waals surface area contributed by atoms with Crippen molar-refractivity contribution < 1.29 is 0 Å².